The molecule has 5 nitrogen and oxygen atoms in total. The summed E-state index contributed by atoms with van der Waals surface area (Å²) in [5.41, 5.74) is 0.747. The highest BCUT2D eigenvalue weighted by molar-refractivity contribution is 5.90. The van der Waals surface area contributed by atoms with Crippen molar-refractivity contribution in [3.63, 3.8) is 0 Å². The van der Waals surface area contributed by atoms with Crippen LogP contribution in [0.2, 0.25) is 0 Å². The maximum absolute atomic E-state index is 11.9. The summed E-state index contributed by atoms with van der Waals surface area (Å²) in [5, 5.41) is 0. The van der Waals surface area contributed by atoms with Crippen molar-refractivity contribution in [2.75, 3.05) is 13.2 Å². The average molecular weight is 278 g/mol. The van der Waals surface area contributed by atoms with E-state index in [1.54, 1.807) is 13.1 Å². The quantitative estimate of drug-likeness (QED) is 0.792. The van der Waals surface area contributed by atoms with E-state index in [-0.39, 0.29) is 5.97 Å². The molecule has 0 bridgehead atoms. The number of carbonyl (C=O) groups excluding carboxylic acids is 1. The van der Waals surface area contributed by atoms with Gasteiger partial charge in [-0.15, -0.1) is 0 Å². The van der Waals surface area contributed by atoms with Gasteiger partial charge in [0, 0.05) is 12.8 Å². The van der Waals surface area contributed by atoms with Gasteiger partial charge in [-0.1, -0.05) is 6.92 Å². The van der Waals surface area contributed by atoms with Gasteiger partial charge in [0.05, 0.1) is 17.9 Å². The van der Waals surface area contributed by atoms with E-state index in [0.717, 1.165) is 31.6 Å². The van der Waals surface area contributed by atoms with Crippen molar-refractivity contribution in [3.05, 3.63) is 23.3 Å². The summed E-state index contributed by atoms with van der Waals surface area (Å²) in [4.78, 5) is 20.8. The lowest BCUT2D eigenvalue weighted by Gasteiger charge is -2.32. The van der Waals surface area contributed by atoms with Gasteiger partial charge in [0.25, 0.3) is 0 Å². The average Bonchev–Trinajstić information content (AvgIpc) is 2.47. The van der Waals surface area contributed by atoms with Gasteiger partial charge in [-0.3, -0.25) is 0 Å². The van der Waals surface area contributed by atoms with E-state index in [1.807, 2.05) is 13.8 Å². The molecule has 0 radical (unpaired) electrons. The number of hydrogen-bond acceptors (Lipinski definition) is 5. The van der Waals surface area contributed by atoms with Crippen LogP contribution in [0.5, 0.6) is 0 Å². The summed E-state index contributed by atoms with van der Waals surface area (Å²) in [6.07, 6.45) is 5.34. The SMILES string of the molecule is CCOC(=O)c1cnc(C2(C)CCCCO2)nc1CC. The molecule has 0 aliphatic carbocycles. The minimum Gasteiger partial charge on any atom is -0.462 e. The molecule has 0 amide bonds. The fourth-order valence-electron chi connectivity index (χ4n) is 2.43. The van der Waals surface area contributed by atoms with E-state index in [2.05, 4.69) is 9.97 Å². The van der Waals surface area contributed by atoms with E-state index < -0.39 is 5.60 Å². The maximum atomic E-state index is 11.9. The molecule has 1 aromatic rings. The van der Waals surface area contributed by atoms with Crippen molar-refractivity contribution in [1.82, 2.24) is 9.97 Å². The molecule has 1 saturated heterocycles. The van der Waals surface area contributed by atoms with Crippen molar-refractivity contribution < 1.29 is 14.3 Å². The van der Waals surface area contributed by atoms with Gasteiger partial charge in [-0.2, -0.15) is 0 Å². The zero-order chi connectivity index (χ0) is 14.6. The number of rotatable bonds is 4. The van der Waals surface area contributed by atoms with Crippen molar-refractivity contribution in [3.8, 4) is 0 Å². The van der Waals surface area contributed by atoms with Gasteiger partial charge in [0.2, 0.25) is 0 Å². The largest absolute Gasteiger partial charge is 0.462 e. The van der Waals surface area contributed by atoms with Crippen LogP contribution in [0.1, 0.15) is 61.9 Å². The second-order valence-corrected chi connectivity index (χ2v) is 5.16. The maximum Gasteiger partial charge on any atom is 0.341 e. The first-order valence-electron chi connectivity index (χ1n) is 7.28. The molecular weight excluding hydrogens is 256 g/mol. The summed E-state index contributed by atoms with van der Waals surface area (Å²) < 4.78 is 10.9. The van der Waals surface area contributed by atoms with Crippen LogP contribution in [0.25, 0.3) is 0 Å². The number of esters is 1. The first kappa shape index (κ1) is 14.9. The van der Waals surface area contributed by atoms with E-state index in [4.69, 9.17) is 9.47 Å². The number of hydrogen-bond donors (Lipinski definition) is 0. The molecule has 110 valence electrons. The molecule has 0 N–H and O–H groups in total. The van der Waals surface area contributed by atoms with E-state index >= 15 is 0 Å². The lowest BCUT2D eigenvalue weighted by atomic mass is 9.94. The third-order valence-electron chi connectivity index (χ3n) is 3.64. The van der Waals surface area contributed by atoms with Crippen LogP contribution in [0, 0.1) is 0 Å². The molecule has 1 atom stereocenters. The number of ether oxygens (including phenoxy) is 2. The van der Waals surface area contributed by atoms with E-state index in [0.29, 0.717) is 24.4 Å². The fraction of sp³-hybridized carbons (Fsp3) is 0.667. The molecule has 20 heavy (non-hydrogen) atoms. The van der Waals surface area contributed by atoms with Gasteiger partial charge in [-0.05, 0) is 39.5 Å². The molecule has 0 saturated carbocycles. The molecular formula is C15H22N2O3. The molecule has 2 heterocycles. The summed E-state index contributed by atoms with van der Waals surface area (Å²) in [7, 11) is 0. The Kier molecular flexibility index (Phi) is 4.70. The molecule has 1 aromatic heterocycles. The Labute approximate surface area is 119 Å². The van der Waals surface area contributed by atoms with Crippen molar-refractivity contribution in [2.45, 2.75) is 52.1 Å². The van der Waals surface area contributed by atoms with Gasteiger partial charge < -0.3 is 9.47 Å². The van der Waals surface area contributed by atoms with Crippen molar-refractivity contribution in [1.29, 1.82) is 0 Å². The minimum atomic E-state index is -0.435. The molecule has 1 unspecified atom stereocenters. The topological polar surface area (TPSA) is 61.3 Å². The number of nitrogens with zero attached hydrogens (tertiary/aromatic N) is 2. The molecule has 2 rings (SSSR count). The zero-order valence-electron chi connectivity index (χ0n) is 12.4. The van der Waals surface area contributed by atoms with Crippen LogP contribution in [-0.4, -0.2) is 29.2 Å². The summed E-state index contributed by atoms with van der Waals surface area (Å²) in [5.74, 6) is 0.313. The van der Waals surface area contributed by atoms with E-state index in [9.17, 15) is 4.79 Å². The number of aromatic nitrogens is 2. The molecule has 1 aliphatic rings. The van der Waals surface area contributed by atoms with Gasteiger partial charge in [-0.25, -0.2) is 14.8 Å². The second kappa shape index (κ2) is 6.31. The van der Waals surface area contributed by atoms with E-state index in [1.165, 1.54) is 0 Å². The Morgan fingerprint density at radius 3 is 2.85 bits per heavy atom. The fourth-order valence-corrected chi connectivity index (χ4v) is 2.43. The lowest BCUT2D eigenvalue weighted by Crippen LogP contribution is -2.33. The molecule has 1 fully saturated rings. The zero-order valence-corrected chi connectivity index (χ0v) is 12.4. The van der Waals surface area contributed by atoms with Crippen LogP contribution in [0.4, 0.5) is 0 Å². The van der Waals surface area contributed by atoms with Crippen LogP contribution in [0.3, 0.4) is 0 Å². The van der Waals surface area contributed by atoms with Crippen LogP contribution in [0.15, 0.2) is 6.20 Å². The Balaban J connectivity index is 2.31. The van der Waals surface area contributed by atoms with Crippen LogP contribution < -0.4 is 0 Å². The molecule has 0 spiro atoms. The van der Waals surface area contributed by atoms with Crippen LogP contribution >= 0.6 is 0 Å². The highest BCUT2D eigenvalue weighted by atomic mass is 16.5. The van der Waals surface area contributed by atoms with Crippen molar-refractivity contribution in [2.24, 2.45) is 0 Å². The Morgan fingerprint density at radius 2 is 2.25 bits per heavy atom. The normalized spacial score (nSPS) is 22.6. The van der Waals surface area contributed by atoms with Gasteiger partial charge in [0.15, 0.2) is 5.82 Å². The predicted molar refractivity (Wildman–Crippen MR) is 74.5 cm³/mol. The molecule has 5 heteroatoms. The standard InChI is InChI=1S/C15H22N2O3/c1-4-12-11(13(18)19-5-2)10-16-14(17-12)15(3)8-6-7-9-20-15/h10H,4-9H2,1-3H3. The summed E-state index contributed by atoms with van der Waals surface area (Å²) in [6.45, 7) is 6.87. The second-order valence-electron chi connectivity index (χ2n) is 5.16. The highest BCUT2D eigenvalue weighted by Crippen LogP contribution is 2.32. The Hall–Kier alpha value is -1.49. The highest BCUT2D eigenvalue weighted by Gasteiger charge is 2.33. The molecule has 0 aromatic carbocycles. The van der Waals surface area contributed by atoms with Crippen LogP contribution in [-0.2, 0) is 21.5 Å². The third-order valence-corrected chi connectivity index (χ3v) is 3.64. The monoisotopic (exact) mass is 278 g/mol. The van der Waals surface area contributed by atoms with Gasteiger partial charge in [0.1, 0.15) is 5.60 Å². The number of carbonyl (C=O) groups is 1. The Bertz CT molecular complexity index is 482. The molecule has 1 aliphatic heterocycles. The minimum absolute atomic E-state index is 0.352. The Morgan fingerprint density at radius 1 is 1.45 bits per heavy atom. The summed E-state index contributed by atoms with van der Waals surface area (Å²) >= 11 is 0. The lowest BCUT2D eigenvalue weighted by molar-refractivity contribution is -0.0762. The smallest absolute Gasteiger partial charge is 0.341 e. The van der Waals surface area contributed by atoms with Gasteiger partial charge >= 0.3 is 5.97 Å². The first-order chi connectivity index (χ1) is 9.60. The van der Waals surface area contributed by atoms with Crippen molar-refractivity contribution >= 4 is 5.97 Å². The number of aryl methyl sites for hydroxylation is 1. The third kappa shape index (κ3) is 2.98. The first-order valence-corrected chi connectivity index (χ1v) is 7.28. The predicted octanol–water partition coefficient (Wildman–Crippen LogP) is 2.63. The summed E-state index contributed by atoms with van der Waals surface area (Å²) in [6, 6.07) is 0.